The van der Waals surface area contributed by atoms with Crippen LogP contribution in [-0.2, 0) is 10.8 Å². The third-order valence-electron chi connectivity index (χ3n) is 7.01. The van der Waals surface area contributed by atoms with E-state index < -0.39 is 17.6 Å². The number of carbonyl (C=O) groups is 1. The van der Waals surface area contributed by atoms with E-state index in [1.807, 2.05) is 31.1 Å². The topological polar surface area (TPSA) is 107 Å². The number of ether oxygens (including phenoxy) is 2. The Morgan fingerprint density at radius 2 is 1.85 bits per heavy atom. The molecular weight excluding hydrogens is 556 g/mol. The fourth-order valence-corrected chi connectivity index (χ4v) is 5.93. The van der Waals surface area contributed by atoms with Crippen molar-refractivity contribution in [1.29, 1.82) is 0 Å². The molecule has 3 aliphatic rings. The lowest BCUT2D eigenvalue weighted by Gasteiger charge is -2.55. The minimum Gasteiger partial charge on any atom is -0.444 e. The van der Waals surface area contributed by atoms with Crippen molar-refractivity contribution in [1.82, 2.24) is 19.9 Å². The second-order valence-electron chi connectivity index (χ2n) is 11.1. The van der Waals surface area contributed by atoms with Crippen molar-refractivity contribution < 1.29 is 31.9 Å². The number of halogens is 2. The first-order chi connectivity index (χ1) is 19.6. The van der Waals surface area contributed by atoms with Gasteiger partial charge in [0.25, 0.3) is 6.01 Å². The number of piperidine rings is 1. The van der Waals surface area contributed by atoms with Gasteiger partial charge in [-0.15, -0.1) is 11.3 Å². The van der Waals surface area contributed by atoms with Gasteiger partial charge in [-0.1, -0.05) is 12.1 Å². The molecule has 2 aromatic carbocycles. The smallest absolute Gasteiger partial charge is 0.444 e. The van der Waals surface area contributed by atoms with Crippen LogP contribution in [0.1, 0.15) is 33.1 Å². The molecule has 1 amide bonds. The van der Waals surface area contributed by atoms with E-state index in [2.05, 4.69) is 15.0 Å². The van der Waals surface area contributed by atoms with Crippen LogP contribution in [0.3, 0.4) is 0 Å². The maximum atomic E-state index is 15.3. The highest BCUT2D eigenvalue weighted by atomic mass is 32.1. The number of para-hydroxylation sites is 2. The summed E-state index contributed by atoms with van der Waals surface area (Å²) in [6.07, 6.45) is -1.74. The van der Waals surface area contributed by atoms with E-state index in [9.17, 15) is 4.79 Å². The fourth-order valence-electron chi connectivity index (χ4n) is 5.27. The lowest BCUT2D eigenvalue weighted by Crippen LogP contribution is -2.70. The Kier molecular flexibility index (Phi) is 5.72. The number of aromatic nitrogens is 3. The van der Waals surface area contributed by atoms with Gasteiger partial charge in [0.1, 0.15) is 16.1 Å². The predicted molar refractivity (Wildman–Crippen MR) is 146 cm³/mol. The molecule has 2 bridgehead atoms. The largest absolute Gasteiger partial charge is 0.480 e. The predicted octanol–water partition coefficient (Wildman–Crippen LogP) is 6.42. The molecule has 212 valence electrons. The van der Waals surface area contributed by atoms with Crippen LogP contribution in [0.4, 0.5) is 19.6 Å². The monoisotopic (exact) mass is 581 g/mol. The highest BCUT2D eigenvalue weighted by Gasteiger charge is 2.50. The number of hydrogen-bond acceptors (Lipinski definition) is 10. The zero-order valence-electron chi connectivity index (χ0n) is 22.3. The van der Waals surface area contributed by atoms with Gasteiger partial charge in [-0.25, -0.2) is 14.8 Å². The summed E-state index contributed by atoms with van der Waals surface area (Å²) < 4.78 is 52.9. The molecule has 2 atom stereocenters. The Balaban J connectivity index is 1.21. The molecule has 2 unspecified atom stereocenters. The molecule has 0 aliphatic carbocycles. The third kappa shape index (κ3) is 4.53. The number of rotatable bonds is 5. The lowest BCUT2D eigenvalue weighted by molar-refractivity contribution is -0.200. The van der Waals surface area contributed by atoms with E-state index in [4.69, 9.17) is 18.3 Å². The summed E-state index contributed by atoms with van der Waals surface area (Å²) in [6, 6.07) is 9.63. The summed E-state index contributed by atoms with van der Waals surface area (Å²) in [5, 5.41) is 2.46. The zero-order valence-corrected chi connectivity index (χ0v) is 23.2. The summed E-state index contributed by atoms with van der Waals surface area (Å²) in [5.74, 6) is -1.06. The summed E-state index contributed by atoms with van der Waals surface area (Å²) in [4.78, 5) is 29.2. The van der Waals surface area contributed by atoms with Gasteiger partial charge >= 0.3 is 18.1 Å². The second kappa shape index (κ2) is 9.13. The van der Waals surface area contributed by atoms with E-state index in [0.29, 0.717) is 29.2 Å². The molecule has 13 heteroatoms. The molecule has 0 saturated carbocycles. The van der Waals surface area contributed by atoms with Crippen molar-refractivity contribution in [3.8, 4) is 16.3 Å². The highest BCUT2D eigenvalue weighted by Crippen LogP contribution is 2.43. The minimum absolute atomic E-state index is 0.0729. The maximum Gasteiger partial charge on any atom is 0.480 e. The van der Waals surface area contributed by atoms with Gasteiger partial charge in [-0.2, -0.15) is 13.8 Å². The molecule has 5 aromatic rings. The molecular formula is C28H25F2N5O5S. The summed E-state index contributed by atoms with van der Waals surface area (Å²) in [7, 11) is 0. The Hall–Kier alpha value is -4.26. The van der Waals surface area contributed by atoms with E-state index in [-0.39, 0.29) is 46.6 Å². The lowest BCUT2D eigenvalue weighted by atomic mass is 9.88. The SMILES string of the molecule is CC(C)(C)OC(=O)N1C2CC1CN(c1nc3c(OC(F)(F)c4nc5ccccc5o4)ccc(-c4nccs4)c3o1)C2. The number of alkyl halides is 2. The van der Waals surface area contributed by atoms with Gasteiger partial charge < -0.3 is 23.2 Å². The Labute approximate surface area is 236 Å². The molecule has 0 N–H and O–H groups in total. The van der Waals surface area contributed by atoms with Crippen molar-refractivity contribution >= 4 is 45.6 Å². The van der Waals surface area contributed by atoms with Gasteiger partial charge in [0, 0.05) is 24.7 Å². The van der Waals surface area contributed by atoms with E-state index in [1.165, 1.54) is 17.4 Å². The molecule has 3 aliphatic heterocycles. The first kappa shape index (κ1) is 25.7. The van der Waals surface area contributed by atoms with E-state index in [0.717, 1.165) is 6.42 Å². The third-order valence-corrected chi connectivity index (χ3v) is 7.81. The first-order valence-corrected chi connectivity index (χ1v) is 14.0. The minimum atomic E-state index is -3.88. The molecule has 41 heavy (non-hydrogen) atoms. The maximum absolute atomic E-state index is 15.3. The first-order valence-electron chi connectivity index (χ1n) is 13.1. The van der Waals surface area contributed by atoms with Crippen molar-refractivity contribution in [3.63, 3.8) is 0 Å². The van der Waals surface area contributed by atoms with Crippen molar-refractivity contribution in [3.05, 3.63) is 53.9 Å². The van der Waals surface area contributed by atoms with E-state index >= 15 is 8.78 Å². The Morgan fingerprint density at radius 1 is 1.07 bits per heavy atom. The molecule has 0 radical (unpaired) electrons. The van der Waals surface area contributed by atoms with Gasteiger partial charge in [-0.3, -0.25) is 4.90 Å². The molecule has 3 fully saturated rings. The molecule has 3 aromatic heterocycles. The number of oxazole rings is 2. The van der Waals surface area contributed by atoms with Crippen LogP contribution in [0.25, 0.3) is 32.8 Å². The van der Waals surface area contributed by atoms with Crippen LogP contribution in [0, 0.1) is 0 Å². The molecule has 10 nitrogen and oxygen atoms in total. The average Bonchev–Trinajstić information content (AvgIpc) is 3.67. The van der Waals surface area contributed by atoms with E-state index in [1.54, 1.807) is 41.4 Å². The molecule has 0 spiro atoms. The summed E-state index contributed by atoms with van der Waals surface area (Å²) in [5.41, 5.74) is 0.911. The molecule has 3 saturated heterocycles. The van der Waals surface area contributed by atoms with Crippen LogP contribution in [0.2, 0.25) is 0 Å². The average molecular weight is 582 g/mol. The standard InChI is InChI=1S/C28H25F2N5O5S/c1-27(2,3)40-26(36)35-15-12-16(35)14-34(13-15)25-33-21-20(9-8-17(22(21)38-25)23-31-10-11-41-23)39-28(29,30)24-32-18-6-4-5-7-19(18)37-24/h4-11,15-16H,12-14H2,1-3H3. The number of hydrogen-bond donors (Lipinski definition) is 0. The Morgan fingerprint density at radius 3 is 2.56 bits per heavy atom. The second-order valence-corrected chi connectivity index (χ2v) is 12.0. The van der Waals surface area contributed by atoms with Crippen molar-refractivity contribution in [2.45, 2.75) is 51.0 Å². The van der Waals surface area contributed by atoms with Crippen LogP contribution >= 0.6 is 11.3 Å². The fraction of sp³-hybridized carbons (Fsp3) is 0.357. The van der Waals surface area contributed by atoms with Crippen LogP contribution in [0.15, 0.2) is 56.8 Å². The number of carbonyl (C=O) groups excluding carboxylic acids is 1. The van der Waals surface area contributed by atoms with Gasteiger partial charge in [0.05, 0.1) is 17.6 Å². The van der Waals surface area contributed by atoms with Crippen LogP contribution < -0.4 is 9.64 Å². The van der Waals surface area contributed by atoms with Gasteiger partial charge in [0.2, 0.25) is 0 Å². The highest BCUT2D eigenvalue weighted by molar-refractivity contribution is 7.13. The normalized spacial score (nSPS) is 19.0. The summed E-state index contributed by atoms with van der Waals surface area (Å²) >= 11 is 1.38. The van der Waals surface area contributed by atoms with Gasteiger partial charge in [0.15, 0.2) is 22.4 Å². The Bertz CT molecular complexity index is 1720. The zero-order chi connectivity index (χ0) is 28.5. The number of thiazole rings is 1. The number of piperazine rings is 1. The summed E-state index contributed by atoms with van der Waals surface area (Å²) in [6.45, 7) is 6.42. The quantitative estimate of drug-likeness (QED) is 0.232. The number of benzene rings is 2. The van der Waals surface area contributed by atoms with Crippen molar-refractivity contribution in [2.75, 3.05) is 18.0 Å². The van der Waals surface area contributed by atoms with Crippen molar-refractivity contribution in [2.24, 2.45) is 0 Å². The molecule has 6 heterocycles. The van der Waals surface area contributed by atoms with Crippen LogP contribution in [-0.4, -0.2) is 56.7 Å². The molecule has 8 rings (SSSR count). The van der Waals surface area contributed by atoms with Gasteiger partial charge in [-0.05, 0) is 51.5 Å². The number of amides is 1. The number of anilines is 1. The number of fused-ring (bicyclic) bond motifs is 4. The number of nitrogens with zero attached hydrogens (tertiary/aromatic N) is 5. The van der Waals surface area contributed by atoms with Crippen LogP contribution in [0.5, 0.6) is 5.75 Å².